The molecule has 0 radical (unpaired) electrons. The number of hydrogen-bond acceptors (Lipinski definition) is 7. The van der Waals surface area contributed by atoms with Crippen molar-refractivity contribution in [1.29, 1.82) is 0 Å². The third-order valence-electron chi connectivity index (χ3n) is 1.48. The van der Waals surface area contributed by atoms with Gasteiger partial charge in [0, 0.05) is 0 Å². The number of thiazole rings is 1. The van der Waals surface area contributed by atoms with E-state index in [4.69, 9.17) is 10.5 Å². The van der Waals surface area contributed by atoms with Crippen molar-refractivity contribution in [2.24, 2.45) is 0 Å². The summed E-state index contributed by atoms with van der Waals surface area (Å²) in [6.45, 7) is 1.89. The van der Waals surface area contributed by atoms with Crippen LogP contribution in [0.25, 0.3) is 0 Å². The molecule has 0 amide bonds. The highest BCUT2D eigenvalue weighted by molar-refractivity contribution is 7.17. The van der Waals surface area contributed by atoms with E-state index in [0.29, 0.717) is 0 Å². The van der Waals surface area contributed by atoms with Crippen LogP contribution in [0.3, 0.4) is 0 Å². The molecule has 0 saturated heterocycles. The van der Waals surface area contributed by atoms with Gasteiger partial charge >= 0.3 is 11.9 Å². The van der Waals surface area contributed by atoms with E-state index in [9.17, 15) is 9.59 Å². The van der Waals surface area contributed by atoms with Crippen LogP contribution >= 0.6 is 11.3 Å². The lowest BCUT2D eigenvalue weighted by atomic mass is 10.3. The van der Waals surface area contributed by atoms with Crippen LogP contribution in [-0.2, 0) is 9.47 Å². The number of anilines is 1. The van der Waals surface area contributed by atoms with E-state index in [1.54, 1.807) is 6.92 Å². The molecule has 0 aliphatic rings. The van der Waals surface area contributed by atoms with Crippen LogP contribution < -0.4 is 5.73 Å². The summed E-state index contributed by atoms with van der Waals surface area (Å²) in [4.78, 5) is 26.4. The number of aromatic nitrogens is 1. The molecule has 0 fully saturated rings. The molecule has 1 heterocycles. The standard InChI is InChI=1S/C8H10N2O4S/c1-3-14-7(12)5-4(6(11)13-2)10-8(9)15-5/h3H2,1-2H3,(H2,9,10). The summed E-state index contributed by atoms with van der Waals surface area (Å²) >= 11 is 0.897. The number of carbonyl (C=O) groups is 2. The lowest BCUT2D eigenvalue weighted by molar-refractivity contribution is 0.0507. The minimum Gasteiger partial charge on any atom is -0.464 e. The fourth-order valence-electron chi connectivity index (χ4n) is 0.907. The van der Waals surface area contributed by atoms with Crippen LogP contribution in [0.1, 0.15) is 27.1 Å². The van der Waals surface area contributed by atoms with E-state index in [2.05, 4.69) is 9.72 Å². The number of nitrogens with two attached hydrogens (primary N) is 1. The Balaban J connectivity index is 3.06. The zero-order valence-corrected chi connectivity index (χ0v) is 9.09. The van der Waals surface area contributed by atoms with Gasteiger partial charge in [0.05, 0.1) is 13.7 Å². The maximum atomic E-state index is 11.4. The van der Waals surface area contributed by atoms with Gasteiger partial charge in [-0.1, -0.05) is 11.3 Å². The molecule has 0 aliphatic heterocycles. The van der Waals surface area contributed by atoms with Gasteiger partial charge < -0.3 is 15.2 Å². The number of rotatable bonds is 3. The molecule has 1 aromatic rings. The number of nitrogen functional groups attached to an aromatic ring is 1. The number of carbonyl (C=O) groups excluding carboxylic acids is 2. The first-order valence-corrected chi connectivity index (χ1v) is 4.93. The highest BCUT2D eigenvalue weighted by Gasteiger charge is 2.24. The van der Waals surface area contributed by atoms with Gasteiger partial charge in [0.25, 0.3) is 0 Å². The maximum Gasteiger partial charge on any atom is 0.358 e. The summed E-state index contributed by atoms with van der Waals surface area (Å²) in [5.41, 5.74) is 5.30. The highest BCUT2D eigenvalue weighted by atomic mass is 32.1. The normalized spacial score (nSPS) is 9.73. The molecule has 0 unspecified atom stereocenters. The van der Waals surface area contributed by atoms with Crippen molar-refractivity contribution in [3.8, 4) is 0 Å². The predicted molar refractivity (Wildman–Crippen MR) is 53.8 cm³/mol. The molecule has 0 spiro atoms. The number of methoxy groups -OCH3 is 1. The van der Waals surface area contributed by atoms with Crippen molar-refractivity contribution >= 4 is 28.4 Å². The molecule has 1 aromatic heterocycles. The first-order valence-electron chi connectivity index (χ1n) is 4.11. The van der Waals surface area contributed by atoms with Crippen molar-refractivity contribution < 1.29 is 19.1 Å². The van der Waals surface area contributed by atoms with Crippen LogP contribution in [0, 0.1) is 0 Å². The maximum absolute atomic E-state index is 11.4. The fourth-order valence-corrected chi connectivity index (χ4v) is 1.62. The van der Waals surface area contributed by atoms with Gasteiger partial charge in [0.15, 0.2) is 10.8 Å². The molecule has 15 heavy (non-hydrogen) atoms. The Labute approximate surface area is 90.0 Å². The molecule has 0 aromatic carbocycles. The van der Waals surface area contributed by atoms with E-state index in [1.165, 1.54) is 7.11 Å². The number of hydrogen-bond donors (Lipinski definition) is 1. The number of nitrogens with zero attached hydrogens (tertiary/aromatic N) is 1. The smallest absolute Gasteiger partial charge is 0.358 e. The van der Waals surface area contributed by atoms with Crippen molar-refractivity contribution in [3.63, 3.8) is 0 Å². The van der Waals surface area contributed by atoms with Crippen LogP contribution in [0.15, 0.2) is 0 Å². The van der Waals surface area contributed by atoms with Gasteiger partial charge in [-0.05, 0) is 6.92 Å². The van der Waals surface area contributed by atoms with Crippen molar-refractivity contribution in [3.05, 3.63) is 10.6 Å². The zero-order chi connectivity index (χ0) is 11.4. The molecular formula is C8H10N2O4S. The van der Waals surface area contributed by atoms with Crippen molar-refractivity contribution in [1.82, 2.24) is 4.98 Å². The van der Waals surface area contributed by atoms with Crippen molar-refractivity contribution in [2.45, 2.75) is 6.92 Å². The van der Waals surface area contributed by atoms with Gasteiger partial charge in [-0.2, -0.15) is 0 Å². The average Bonchev–Trinajstić information content (AvgIpc) is 2.59. The minimum absolute atomic E-state index is 0.0706. The second-order valence-electron chi connectivity index (χ2n) is 2.44. The summed E-state index contributed by atoms with van der Waals surface area (Å²) in [6.07, 6.45) is 0. The lowest BCUT2D eigenvalue weighted by Crippen LogP contribution is -2.11. The summed E-state index contributed by atoms with van der Waals surface area (Å²) < 4.78 is 9.21. The Hall–Kier alpha value is -1.63. The second-order valence-corrected chi connectivity index (χ2v) is 3.47. The fraction of sp³-hybridized carbons (Fsp3) is 0.375. The van der Waals surface area contributed by atoms with E-state index < -0.39 is 11.9 Å². The quantitative estimate of drug-likeness (QED) is 0.768. The van der Waals surface area contributed by atoms with Crippen LogP contribution in [0.5, 0.6) is 0 Å². The second kappa shape index (κ2) is 4.74. The molecule has 2 N–H and O–H groups in total. The molecule has 1 rings (SSSR count). The van der Waals surface area contributed by atoms with E-state index >= 15 is 0 Å². The van der Waals surface area contributed by atoms with Crippen LogP contribution in [-0.4, -0.2) is 30.6 Å². The summed E-state index contributed by atoms with van der Waals surface area (Å²) in [5, 5.41) is 0.124. The molecule has 0 aliphatic carbocycles. The molecule has 6 nitrogen and oxygen atoms in total. The van der Waals surface area contributed by atoms with E-state index in [-0.39, 0.29) is 22.3 Å². The Kier molecular flexibility index (Phi) is 3.62. The molecule has 0 bridgehead atoms. The van der Waals surface area contributed by atoms with Gasteiger partial charge in [-0.15, -0.1) is 0 Å². The van der Waals surface area contributed by atoms with Gasteiger partial charge in [0.1, 0.15) is 4.88 Å². The first kappa shape index (κ1) is 11.4. The Morgan fingerprint density at radius 3 is 2.67 bits per heavy atom. The monoisotopic (exact) mass is 230 g/mol. The van der Waals surface area contributed by atoms with Gasteiger partial charge in [-0.25, -0.2) is 14.6 Å². The summed E-state index contributed by atoms with van der Waals surface area (Å²) in [5.74, 6) is -1.32. The predicted octanol–water partition coefficient (Wildman–Crippen LogP) is 0.689. The molecule has 82 valence electrons. The van der Waals surface area contributed by atoms with Gasteiger partial charge in [0.2, 0.25) is 0 Å². The highest BCUT2D eigenvalue weighted by Crippen LogP contribution is 2.22. The minimum atomic E-state index is -0.703. The summed E-state index contributed by atoms with van der Waals surface area (Å²) in [6, 6.07) is 0. The average molecular weight is 230 g/mol. The van der Waals surface area contributed by atoms with E-state index in [1.807, 2.05) is 0 Å². The third-order valence-corrected chi connectivity index (χ3v) is 2.35. The van der Waals surface area contributed by atoms with Crippen molar-refractivity contribution in [2.75, 3.05) is 19.5 Å². The first-order chi connectivity index (χ1) is 7.10. The Morgan fingerprint density at radius 1 is 1.47 bits per heavy atom. The molecule has 0 atom stereocenters. The largest absolute Gasteiger partial charge is 0.464 e. The Morgan fingerprint density at radius 2 is 2.13 bits per heavy atom. The van der Waals surface area contributed by atoms with Gasteiger partial charge in [-0.3, -0.25) is 0 Å². The topological polar surface area (TPSA) is 91.5 Å². The lowest BCUT2D eigenvalue weighted by Gasteiger charge is -1.99. The third kappa shape index (κ3) is 2.44. The molecular weight excluding hydrogens is 220 g/mol. The number of esters is 2. The molecule has 0 saturated carbocycles. The van der Waals surface area contributed by atoms with Crippen LogP contribution in [0.4, 0.5) is 5.13 Å². The zero-order valence-electron chi connectivity index (χ0n) is 8.27. The Bertz CT molecular complexity index is 388. The number of ether oxygens (including phenoxy) is 2. The summed E-state index contributed by atoms with van der Waals surface area (Å²) in [7, 11) is 1.20. The SMILES string of the molecule is CCOC(=O)c1sc(N)nc1C(=O)OC. The molecule has 7 heteroatoms. The van der Waals surface area contributed by atoms with E-state index in [0.717, 1.165) is 11.3 Å². The van der Waals surface area contributed by atoms with Crippen LogP contribution in [0.2, 0.25) is 0 Å².